The maximum Gasteiger partial charge on any atom is 0.240 e. The first-order valence-electron chi connectivity index (χ1n) is 6.30. The van der Waals surface area contributed by atoms with Crippen LogP contribution in [-0.4, -0.2) is 30.7 Å². The van der Waals surface area contributed by atoms with Crippen molar-refractivity contribution in [2.45, 2.75) is 57.5 Å². The van der Waals surface area contributed by atoms with Crippen LogP contribution in [0.2, 0.25) is 0 Å². The molecule has 4 nitrogen and oxygen atoms in total. The third kappa shape index (κ3) is 3.46. The van der Waals surface area contributed by atoms with Crippen molar-refractivity contribution < 1.29 is 9.53 Å². The van der Waals surface area contributed by atoms with Crippen LogP contribution in [0.1, 0.15) is 46.0 Å². The minimum Gasteiger partial charge on any atom is -0.381 e. The number of nitrogens with one attached hydrogen (secondary N) is 1. The fourth-order valence-corrected chi connectivity index (χ4v) is 2.02. The van der Waals surface area contributed by atoms with Crippen molar-refractivity contribution in [1.82, 2.24) is 5.32 Å². The van der Waals surface area contributed by atoms with E-state index in [2.05, 4.69) is 19.2 Å². The predicted octanol–water partition coefficient (Wildman–Crippen LogP) is 1.19. The van der Waals surface area contributed by atoms with Crippen LogP contribution in [0.5, 0.6) is 0 Å². The molecular weight excluding hydrogens is 204 g/mol. The summed E-state index contributed by atoms with van der Waals surface area (Å²) in [6.07, 6.45) is 4.32. The molecule has 1 saturated heterocycles. The van der Waals surface area contributed by atoms with Crippen molar-refractivity contribution >= 4 is 5.91 Å². The van der Waals surface area contributed by atoms with Gasteiger partial charge in [0.1, 0.15) is 0 Å². The summed E-state index contributed by atoms with van der Waals surface area (Å²) in [4.78, 5) is 12.1. The molecule has 0 saturated carbocycles. The van der Waals surface area contributed by atoms with Gasteiger partial charge in [0, 0.05) is 19.3 Å². The summed E-state index contributed by atoms with van der Waals surface area (Å²) in [5.41, 5.74) is 5.40. The Labute approximate surface area is 97.9 Å². The Morgan fingerprint density at radius 1 is 1.44 bits per heavy atom. The second-order valence-corrected chi connectivity index (χ2v) is 4.64. The molecule has 0 aromatic carbocycles. The summed E-state index contributed by atoms with van der Waals surface area (Å²) in [6, 6.07) is 0.265. The van der Waals surface area contributed by atoms with E-state index in [1.165, 1.54) is 0 Å². The van der Waals surface area contributed by atoms with E-state index in [4.69, 9.17) is 10.5 Å². The first-order chi connectivity index (χ1) is 7.62. The Morgan fingerprint density at radius 3 is 2.56 bits per heavy atom. The van der Waals surface area contributed by atoms with Gasteiger partial charge in [0.2, 0.25) is 5.91 Å². The SMILES string of the molecule is CCCC(CC)NC(=O)C1(N)CCOCC1. The standard InChI is InChI=1S/C12H24N2O2/c1-3-5-10(4-2)14-11(15)12(13)6-8-16-9-7-12/h10H,3-9,13H2,1-2H3,(H,14,15). The second-order valence-electron chi connectivity index (χ2n) is 4.64. The third-order valence-electron chi connectivity index (χ3n) is 3.30. The number of nitrogens with two attached hydrogens (primary N) is 1. The molecule has 0 aromatic heterocycles. The van der Waals surface area contributed by atoms with Crippen LogP contribution in [0, 0.1) is 0 Å². The molecular formula is C12H24N2O2. The highest BCUT2D eigenvalue weighted by Gasteiger charge is 2.36. The molecule has 1 amide bonds. The van der Waals surface area contributed by atoms with E-state index in [1.54, 1.807) is 0 Å². The van der Waals surface area contributed by atoms with Crippen LogP contribution in [-0.2, 0) is 9.53 Å². The van der Waals surface area contributed by atoms with E-state index < -0.39 is 5.54 Å². The van der Waals surface area contributed by atoms with Crippen molar-refractivity contribution in [1.29, 1.82) is 0 Å². The van der Waals surface area contributed by atoms with Crippen LogP contribution in [0.15, 0.2) is 0 Å². The summed E-state index contributed by atoms with van der Waals surface area (Å²) in [7, 11) is 0. The predicted molar refractivity (Wildman–Crippen MR) is 64.1 cm³/mol. The summed E-state index contributed by atoms with van der Waals surface area (Å²) in [5.74, 6) is -0.00361. The van der Waals surface area contributed by atoms with E-state index in [0.717, 1.165) is 19.3 Å². The van der Waals surface area contributed by atoms with Gasteiger partial charge in [-0.2, -0.15) is 0 Å². The lowest BCUT2D eigenvalue weighted by Crippen LogP contribution is -2.58. The quantitative estimate of drug-likeness (QED) is 0.743. The van der Waals surface area contributed by atoms with E-state index in [-0.39, 0.29) is 11.9 Å². The maximum atomic E-state index is 12.1. The van der Waals surface area contributed by atoms with Crippen molar-refractivity contribution in [2.75, 3.05) is 13.2 Å². The fourth-order valence-electron chi connectivity index (χ4n) is 2.02. The molecule has 1 unspecified atom stereocenters. The highest BCUT2D eigenvalue weighted by atomic mass is 16.5. The highest BCUT2D eigenvalue weighted by Crippen LogP contribution is 2.18. The molecule has 1 atom stereocenters. The summed E-state index contributed by atoms with van der Waals surface area (Å²) in [6.45, 7) is 5.40. The molecule has 1 aliphatic rings. The van der Waals surface area contributed by atoms with Gasteiger partial charge < -0.3 is 15.8 Å². The highest BCUT2D eigenvalue weighted by molar-refractivity contribution is 5.86. The van der Waals surface area contributed by atoms with Gasteiger partial charge in [-0.15, -0.1) is 0 Å². The second kappa shape index (κ2) is 6.21. The lowest BCUT2D eigenvalue weighted by molar-refractivity contribution is -0.130. The van der Waals surface area contributed by atoms with Crippen molar-refractivity contribution in [3.63, 3.8) is 0 Å². The Bertz CT molecular complexity index is 225. The van der Waals surface area contributed by atoms with Gasteiger partial charge >= 0.3 is 0 Å². The van der Waals surface area contributed by atoms with Gasteiger partial charge in [0.15, 0.2) is 0 Å². The molecule has 1 rings (SSSR count). The first-order valence-corrected chi connectivity index (χ1v) is 6.30. The number of hydrogen-bond donors (Lipinski definition) is 2. The maximum absolute atomic E-state index is 12.1. The molecule has 1 heterocycles. The molecule has 0 aromatic rings. The summed E-state index contributed by atoms with van der Waals surface area (Å²) < 4.78 is 5.23. The molecule has 0 aliphatic carbocycles. The van der Waals surface area contributed by atoms with Gasteiger partial charge in [-0.1, -0.05) is 20.3 Å². The zero-order chi connectivity index (χ0) is 12.0. The van der Waals surface area contributed by atoms with Crippen LogP contribution in [0.3, 0.4) is 0 Å². The van der Waals surface area contributed by atoms with E-state index in [9.17, 15) is 4.79 Å². The minimum absolute atomic E-state index is 0.00361. The van der Waals surface area contributed by atoms with Crippen molar-refractivity contribution in [2.24, 2.45) is 5.73 Å². The van der Waals surface area contributed by atoms with Gasteiger partial charge in [0.25, 0.3) is 0 Å². The van der Waals surface area contributed by atoms with Crippen LogP contribution in [0.25, 0.3) is 0 Å². The molecule has 0 radical (unpaired) electrons. The smallest absolute Gasteiger partial charge is 0.240 e. The van der Waals surface area contributed by atoms with E-state index in [1.807, 2.05) is 0 Å². The Balaban J connectivity index is 2.48. The number of carbonyl (C=O) groups is 1. The average Bonchev–Trinajstić information content (AvgIpc) is 2.29. The Hall–Kier alpha value is -0.610. The largest absolute Gasteiger partial charge is 0.381 e. The minimum atomic E-state index is -0.709. The zero-order valence-corrected chi connectivity index (χ0v) is 10.4. The Kier molecular flexibility index (Phi) is 5.22. The number of rotatable bonds is 5. The van der Waals surface area contributed by atoms with E-state index >= 15 is 0 Å². The number of ether oxygens (including phenoxy) is 1. The normalized spacial score (nSPS) is 21.4. The van der Waals surface area contributed by atoms with Crippen LogP contribution in [0.4, 0.5) is 0 Å². The molecule has 4 heteroatoms. The van der Waals surface area contributed by atoms with Crippen LogP contribution >= 0.6 is 0 Å². The monoisotopic (exact) mass is 228 g/mol. The molecule has 16 heavy (non-hydrogen) atoms. The first kappa shape index (κ1) is 13.5. The molecule has 0 bridgehead atoms. The Morgan fingerprint density at radius 2 is 2.06 bits per heavy atom. The molecule has 0 spiro atoms. The molecule has 94 valence electrons. The molecule has 1 fully saturated rings. The summed E-state index contributed by atoms with van der Waals surface area (Å²) in [5, 5.41) is 3.06. The van der Waals surface area contributed by atoms with E-state index in [0.29, 0.717) is 26.1 Å². The average molecular weight is 228 g/mol. The van der Waals surface area contributed by atoms with Gasteiger partial charge in [-0.25, -0.2) is 0 Å². The van der Waals surface area contributed by atoms with Crippen LogP contribution < -0.4 is 11.1 Å². The lowest BCUT2D eigenvalue weighted by atomic mass is 9.90. The van der Waals surface area contributed by atoms with Gasteiger partial charge in [-0.05, 0) is 25.7 Å². The fraction of sp³-hybridized carbons (Fsp3) is 0.917. The number of hydrogen-bond acceptors (Lipinski definition) is 3. The van der Waals surface area contributed by atoms with Crippen molar-refractivity contribution in [3.8, 4) is 0 Å². The van der Waals surface area contributed by atoms with Crippen molar-refractivity contribution in [3.05, 3.63) is 0 Å². The lowest BCUT2D eigenvalue weighted by Gasteiger charge is -2.33. The topological polar surface area (TPSA) is 64.4 Å². The molecule has 3 N–H and O–H groups in total. The van der Waals surface area contributed by atoms with Gasteiger partial charge in [-0.3, -0.25) is 4.79 Å². The number of carbonyl (C=O) groups excluding carboxylic acids is 1. The van der Waals surface area contributed by atoms with Gasteiger partial charge in [0.05, 0.1) is 5.54 Å². The molecule has 1 aliphatic heterocycles. The number of amides is 1. The third-order valence-corrected chi connectivity index (χ3v) is 3.30. The summed E-state index contributed by atoms with van der Waals surface area (Å²) >= 11 is 0. The zero-order valence-electron chi connectivity index (χ0n) is 10.4.